The van der Waals surface area contributed by atoms with E-state index in [1.807, 2.05) is 6.92 Å². The summed E-state index contributed by atoms with van der Waals surface area (Å²) in [6.07, 6.45) is 4.41. The lowest BCUT2D eigenvalue weighted by Gasteiger charge is -2.06. The first kappa shape index (κ1) is 12.8. The van der Waals surface area contributed by atoms with Crippen LogP contribution in [0.1, 0.15) is 23.6 Å². The second-order valence-corrected chi connectivity index (χ2v) is 5.20. The van der Waals surface area contributed by atoms with Crippen LogP contribution in [0.4, 0.5) is 5.82 Å². The van der Waals surface area contributed by atoms with Gasteiger partial charge in [-0.3, -0.25) is 4.79 Å². The van der Waals surface area contributed by atoms with Crippen molar-refractivity contribution in [3.63, 3.8) is 0 Å². The van der Waals surface area contributed by atoms with Gasteiger partial charge in [-0.15, -0.1) is 11.3 Å². The van der Waals surface area contributed by atoms with Crippen LogP contribution in [-0.4, -0.2) is 9.55 Å². The Balaban J connectivity index is 2.08. The fourth-order valence-corrected chi connectivity index (χ4v) is 2.59. The summed E-state index contributed by atoms with van der Waals surface area (Å²) in [7, 11) is 0. The predicted molar refractivity (Wildman–Crippen MR) is 75.2 cm³/mol. The number of hydrogen-bond donors (Lipinski definition) is 1. The molecule has 96 valence electrons. The van der Waals surface area contributed by atoms with E-state index >= 15 is 0 Å². The number of aryl methyl sites for hydroxylation is 2. The normalized spacial score (nSPS) is 10.6. The van der Waals surface area contributed by atoms with Crippen molar-refractivity contribution in [2.45, 2.75) is 33.4 Å². The van der Waals surface area contributed by atoms with Gasteiger partial charge in [0.15, 0.2) is 5.82 Å². The highest BCUT2D eigenvalue weighted by atomic mass is 32.1. The lowest BCUT2D eigenvalue weighted by atomic mass is 10.3. The minimum absolute atomic E-state index is 0.0627. The fraction of sp³-hybridized carbons (Fsp3) is 0.385. The Morgan fingerprint density at radius 3 is 2.78 bits per heavy atom. The van der Waals surface area contributed by atoms with E-state index < -0.39 is 0 Å². The number of anilines is 1. The largest absolute Gasteiger partial charge is 0.361 e. The van der Waals surface area contributed by atoms with Crippen molar-refractivity contribution in [3.05, 3.63) is 44.6 Å². The molecule has 0 saturated heterocycles. The molecule has 2 aromatic rings. The zero-order valence-electron chi connectivity index (χ0n) is 10.6. The minimum Gasteiger partial charge on any atom is -0.361 e. The van der Waals surface area contributed by atoms with Crippen LogP contribution in [0, 0.1) is 0 Å². The number of nitrogens with zero attached hydrogens (tertiary/aromatic N) is 2. The predicted octanol–water partition coefficient (Wildman–Crippen LogP) is 2.50. The number of hydrogen-bond acceptors (Lipinski definition) is 4. The van der Waals surface area contributed by atoms with E-state index in [0.29, 0.717) is 18.9 Å². The van der Waals surface area contributed by atoms with Crippen molar-refractivity contribution >= 4 is 17.2 Å². The molecular weight excluding hydrogens is 246 g/mol. The Bertz CT molecular complexity index is 574. The molecule has 0 aromatic carbocycles. The topological polar surface area (TPSA) is 46.9 Å². The van der Waals surface area contributed by atoms with Crippen LogP contribution < -0.4 is 10.9 Å². The lowest BCUT2D eigenvalue weighted by Crippen LogP contribution is -2.23. The van der Waals surface area contributed by atoms with Gasteiger partial charge in [0.2, 0.25) is 0 Å². The maximum atomic E-state index is 11.9. The van der Waals surface area contributed by atoms with Gasteiger partial charge in [0.05, 0.1) is 6.54 Å². The van der Waals surface area contributed by atoms with E-state index in [9.17, 15) is 4.79 Å². The van der Waals surface area contributed by atoms with Gasteiger partial charge in [-0.1, -0.05) is 6.92 Å². The molecule has 2 aromatic heterocycles. The highest BCUT2D eigenvalue weighted by molar-refractivity contribution is 7.12. The molecule has 4 nitrogen and oxygen atoms in total. The summed E-state index contributed by atoms with van der Waals surface area (Å²) in [4.78, 5) is 18.6. The summed E-state index contributed by atoms with van der Waals surface area (Å²) in [5, 5.41) is 3.11. The van der Waals surface area contributed by atoms with Crippen LogP contribution in [0.25, 0.3) is 0 Å². The zero-order chi connectivity index (χ0) is 13.0. The second-order valence-electron chi connectivity index (χ2n) is 3.94. The summed E-state index contributed by atoms with van der Waals surface area (Å²) in [5.41, 5.74) is -0.0627. The molecule has 0 saturated carbocycles. The Morgan fingerprint density at radius 2 is 2.11 bits per heavy atom. The molecule has 0 bridgehead atoms. The molecule has 5 heteroatoms. The van der Waals surface area contributed by atoms with Gasteiger partial charge in [0.25, 0.3) is 5.56 Å². The molecule has 0 aliphatic heterocycles. The molecule has 0 atom stereocenters. The van der Waals surface area contributed by atoms with E-state index in [-0.39, 0.29) is 5.56 Å². The third kappa shape index (κ3) is 2.79. The molecule has 0 aliphatic carbocycles. The average Bonchev–Trinajstić information content (AvgIpc) is 2.85. The molecule has 18 heavy (non-hydrogen) atoms. The van der Waals surface area contributed by atoms with E-state index in [0.717, 1.165) is 6.42 Å². The standard InChI is InChI=1S/C13H17N3OS/c1-3-10-5-6-11(18-10)9-15-12-13(17)16(4-2)8-7-14-12/h5-8H,3-4,9H2,1-2H3,(H,14,15). The molecule has 0 radical (unpaired) electrons. The monoisotopic (exact) mass is 263 g/mol. The molecule has 1 N–H and O–H groups in total. The number of nitrogens with one attached hydrogen (secondary N) is 1. The van der Waals surface area contributed by atoms with E-state index in [4.69, 9.17) is 0 Å². The van der Waals surface area contributed by atoms with Gasteiger partial charge >= 0.3 is 0 Å². The number of aromatic nitrogens is 2. The van der Waals surface area contributed by atoms with Gasteiger partial charge in [0.1, 0.15) is 0 Å². The maximum Gasteiger partial charge on any atom is 0.293 e. The molecule has 0 amide bonds. The molecule has 0 spiro atoms. The first-order valence-corrected chi connectivity index (χ1v) is 6.93. The lowest BCUT2D eigenvalue weighted by molar-refractivity contribution is 0.718. The Kier molecular flexibility index (Phi) is 4.15. The van der Waals surface area contributed by atoms with Gasteiger partial charge in [-0.25, -0.2) is 4.98 Å². The maximum absolute atomic E-state index is 11.9. The van der Waals surface area contributed by atoms with Gasteiger partial charge in [-0.05, 0) is 25.5 Å². The molecule has 0 unspecified atom stereocenters. The summed E-state index contributed by atoms with van der Waals surface area (Å²) in [6, 6.07) is 4.22. The van der Waals surface area contributed by atoms with E-state index in [1.54, 1.807) is 28.3 Å². The Hall–Kier alpha value is -1.62. The summed E-state index contributed by atoms with van der Waals surface area (Å²) >= 11 is 1.77. The summed E-state index contributed by atoms with van der Waals surface area (Å²) in [5.74, 6) is 0.422. The van der Waals surface area contributed by atoms with Crippen LogP contribution >= 0.6 is 11.3 Å². The summed E-state index contributed by atoms with van der Waals surface area (Å²) < 4.78 is 1.64. The van der Waals surface area contributed by atoms with Crippen molar-refractivity contribution in [2.75, 3.05) is 5.32 Å². The van der Waals surface area contributed by atoms with Crippen LogP contribution in [0.15, 0.2) is 29.3 Å². The first-order valence-electron chi connectivity index (χ1n) is 6.11. The third-order valence-electron chi connectivity index (χ3n) is 2.75. The third-order valence-corrected chi connectivity index (χ3v) is 3.98. The summed E-state index contributed by atoms with van der Waals surface area (Å²) in [6.45, 7) is 5.40. The van der Waals surface area contributed by atoms with Crippen LogP contribution in [0.3, 0.4) is 0 Å². The second kappa shape index (κ2) is 5.82. The Morgan fingerprint density at radius 1 is 1.33 bits per heavy atom. The van der Waals surface area contributed by atoms with Gasteiger partial charge in [-0.2, -0.15) is 0 Å². The first-order chi connectivity index (χ1) is 8.74. The van der Waals surface area contributed by atoms with Gasteiger partial charge < -0.3 is 9.88 Å². The van der Waals surface area contributed by atoms with Crippen LogP contribution in [-0.2, 0) is 19.5 Å². The Labute approximate surface area is 110 Å². The highest BCUT2D eigenvalue weighted by Crippen LogP contribution is 2.17. The average molecular weight is 263 g/mol. The van der Waals surface area contributed by atoms with Gasteiger partial charge in [0, 0.05) is 28.7 Å². The van der Waals surface area contributed by atoms with Crippen molar-refractivity contribution < 1.29 is 0 Å². The van der Waals surface area contributed by atoms with Crippen LogP contribution in [0.2, 0.25) is 0 Å². The number of thiophene rings is 1. The van der Waals surface area contributed by atoms with Crippen molar-refractivity contribution in [1.82, 2.24) is 9.55 Å². The number of rotatable bonds is 5. The molecule has 0 fully saturated rings. The SMILES string of the molecule is CCc1ccc(CNc2nccn(CC)c2=O)s1. The van der Waals surface area contributed by atoms with E-state index in [1.165, 1.54) is 9.75 Å². The van der Waals surface area contributed by atoms with E-state index in [2.05, 4.69) is 29.4 Å². The zero-order valence-corrected chi connectivity index (χ0v) is 11.5. The molecule has 2 rings (SSSR count). The highest BCUT2D eigenvalue weighted by Gasteiger charge is 2.04. The molecular formula is C13H17N3OS. The van der Waals surface area contributed by atoms with Crippen molar-refractivity contribution in [2.24, 2.45) is 0 Å². The fourth-order valence-electron chi connectivity index (χ4n) is 1.70. The quantitative estimate of drug-likeness (QED) is 0.901. The van der Waals surface area contributed by atoms with Crippen molar-refractivity contribution in [1.29, 1.82) is 0 Å². The minimum atomic E-state index is -0.0627. The smallest absolute Gasteiger partial charge is 0.293 e. The molecule has 2 heterocycles. The van der Waals surface area contributed by atoms with Crippen LogP contribution in [0.5, 0.6) is 0 Å². The van der Waals surface area contributed by atoms with Crippen molar-refractivity contribution in [3.8, 4) is 0 Å². The molecule has 0 aliphatic rings.